The van der Waals surface area contributed by atoms with Crippen LogP contribution in [0.1, 0.15) is 67.4 Å². The van der Waals surface area contributed by atoms with Crippen LogP contribution in [-0.2, 0) is 18.3 Å². The Hall–Kier alpha value is -2.83. The van der Waals surface area contributed by atoms with Gasteiger partial charge in [0, 0.05) is 45.8 Å². The van der Waals surface area contributed by atoms with E-state index < -0.39 is 0 Å². The fraction of sp³-hybridized carbons (Fsp3) is 0.607. The maximum Gasteiger partial charge on any atom is 0.274 e. The Morgan fingerprint density at radius 2 is 1.86 bits per heavy atom. The molecule has 0 bridgehead atoms. The zero-order valence-corrected chi connectivity index (χ0v) is 21.5. The lowest BCUT2D eigenvalue weighted by Crippen LogP contribution is -2.48. The summed E-state index contributed by atoms with van der Waals surface area (Å²) in [5, 5.41) is 4.34. The van der Waals surface area contributed by atoms with E-state index in [1.807, 2.05) is 31.1 Å². The molecular formula is C28H40N4O3. The third-order valence-electron chi connectivity index (χ3n) is 7.95. The van der Waals surface area contributed by atoms with Crippen molar-refractivity contribution in [2.75, 3.05) is 27.2 Å². The fourth-order valence-corrected chi connectivity index (χ4v) is 5.82. The standard InChI is InChI=1S/C28H40N4O3/c1-30-15-14-25(29-30)28(34)31(2)26(19-22-10-7-11-24(18-22)35-3)23-12-16-32(17-13-23)27(33)20-21-8-5-4-6-9-21/h7,10-11,14-15,18,21,23,26H,4-6,8-9,12-13,16-17,19-20H2,1-3H3. The van der Waals surface area contributed by atoms with Crippen LogP contribution in [0.3, 0.4) is 0 Å². The Balaban J connectivity index is 1.44. The zero-order chi connectivity index (χ0) is 24.8. The highest BCUT2D eigenvalue weighted by atomic mass is 16.5. The van der Waals surface area contributed by atoms with Gasteiger partial charge in [0.1, 0.15) is 11.4 Å². The third kappa shape index (κ3) is 6.44. The first-order valence-corrected chi connectivity index (χ1v) is 13.1. The van der Waals surface area contributed by atoms with E-state index in [2.05, 4.69) is 22.1 Å². The molecular weight excluding hydrogens is 440 g/mol. The molecule has 190 valence electrons. The first-order chi connectivity index (χ1) is 16.9. The van der Waals surface area contributed by atoms with Crippen molar-refractivity contribution in [2.45, 2.75) is 63.8 Å². The zero-order valence-electron chi connectivity index (χ0n) is 21.5. The normalized spacial score (nSPS) is 18.3. The van der Waals surface area contributed by atoms with Crippen LogP contribution in [-0.4, -0.2) is 64.7 Å². The van der Waals surface area contributed by atoms with Crippen LogP contribution in [0.5, 0.6) is 5.75 Å². The van der Waals surface area contributed by atoms with Gasteiger partial charge in [-0.25, -0.2) is 0 Å². The lowest BCUT2D eigenvalue weighted by Gasteiger charge is -2.40. The number of rotatable bonds is 8. The summed E-state index contributed by atoms with van der Waals surface area (Å²) < 4.78 is 7.09. The molecule has 1 aliphatic carbocycles. The Labute approximate surface area is 209 Å². The van der Waals surface area contributed by atoms with Crippen LogP contribution >= 0.6 is 0 Å². The predicted octanol–water partition coefficient (Wildman–Crippen LogP) is 4.32. The quantitative estimate of drug-likeness (QED) is 0.564. The van der Waals surface area contributed by atoms with Gasteiger partial charge in [0.15, 0.2) is 0 Å². The smallest absolute Gasteiger partial charge is 0.274 e. The van der Waals surface area contributed by atoms with Crippen LogP contribution in [0.4, 0.5) is 0 Å². The first-order valence-electron chi connectivity index (χ1n) is 13.1. The SMILES string of the molecule is COc1cccc(CC(C2CCN(C(=O)CC3CCCCC3)CC2)N(C)C(=O)c2ccn(C)n2)c1. The summed E-state index contributed by atoms with van der Waals surface area (Å²) in [6, 6.07) is 9.88. The van der Waals surface area contributed by atoms with Crippen LogP contribution < -0.4 is 4.74 Å². The molecule has 1 unspecified atom stereocenters. The van der Waals surface area contributed by atoms with Crippen molar-refractivity contribution in [3.63, 3.8) is 0 Å². The number of hydrogen-bond acceptors (Lipinski definition) is 4. The molecule has 2 fully saturated rings. The Morgan fingerprint density at radius 1 is 1.11 bits per heavy atom. The minimum atomic E-state index is -0.0608. The van der Waals surface area contributed by atoms with Gasteiger partial charge in [-0.05, 0) is 67.7 Å². The van der Waals surface area contributed by atoms with Crippen molar-refractivity contribution in [2.24, 2.45) is 18.9 Å². The van der Waals surface area contributed by atoms with Crippen LogP contribution in [0.2, 0.25) is 0 Å². The van der Waals surface area contributed by atoms with Crippen molar-refractivity contribution in [3.8, 4) is 5.75 Å². The lowest BCUT2D eigenvalue weighted by atomic mass is 9.84. The predicted molar refractivity (Wildman–Crippen MR) is 136 cm³/mol. The lowest BCUT2D eigenvalue weighted by molar-refractivity contribution is -0.134. The number of piperidine rings is 1. The topological polar surface area (TPSA) is 67.7 Å². The molecule has 1 aromatic heterocycles. The molecule has 35 heavy (non-hydrogen) atoms. The van der Waals surface area contributed by atoms with E-state index >= 15 is 0 Å². The number of benzene rings is 1. The Morgan fingerprint density at radius 3 is 2.51 bits per heavy atom. The summed E-state index contributed by atoms with van der Waals surface area (Å²) in [6.45, 7) is 1.55. The molecule has 0 spiro atoms. The second kappa shape index (κ2) is 11.7. The number of hydrogen-bond donors (Lipinski definition) is 0. The highest BCUT2D eigenvalue weighted by molar-refractivity contribution is 5.92. The number of ether oxygens (including phenoxy) is 1. The summed E-state index contributed by atoms with van der Waals surface area (Å²) in [4.78, 5) is 30.2. The molecule has 4 rings (SSSR count). The molecule has 1 saturated carbocycles. The average Bonchev–Trinajstić information content (AvgIpc) is 3.33. The van der Waals surface area contributed by atoms with E-state index in [1.54, 1.807) is 24.1 Å². The van der Waals surface area contributed by atoms with E-state index in [-0.39, 0.29) is 11.9 Å². The van der Waals surface area contributed by atoms with Gasteiger partial charge in [0.25, 0.3) is 5.91 Å². The van der Waals surface area contributed by atoms with Gasteiger partial charge in [-0.1, -0.05) is 31.4 Å². The number of amides is 2. The number of likely N-dealkylation sites (N-methyl/N-ethyl adjacent to an activating group) is 1. The molecule has 7 heteroatoms. The second-order valence-electron chi connectivity index (χ2n) is 10.3. The fourth-order valence-electron chi connectivity index (χ4n) is 5.82. The summed E-state index contributed by atoms with van der Waals surface area (Å²) in [7, 11) is 5.39. The molecule has 2 aliphatic rings. The van der Waals surface area contributed by atoms with Crippen molar-refractivity contribution in [3.05, 3.63) is 47.8 Å². The van der Waals surface area contributed by atoms with Gasteiger partial charge in [-0.2, -0.15) is 5.10 Å². The molecule has 1 atom stereocenters. The van der Waals surface area contributed by atoms with Gasteiger partial charge in [0.2, 0.25) is 5.91 Å². The van der Waals surface area contributed by atoms with Crippen molar-refractivity contribution < 1.29 is 14.3 Å². The molecule has 7 nitrogen and oxygen atoms in total. The maximum absolute atomic E-state index is 13.3. The maximum atomic E-state index is 13.3. The monoisotopic (exact) mass is 480 g/mol. The van der Waals surface area contributed by atoms with Crippen LogP contribution in [0.25, 0.3) is 0 Å². The number of aryl methyl sites for hydroxylation is 1. The molecule has 2 aromatic rings. The van der Waals surface area contributed by atoms with Gasteiger partial charge in [-0.3, -0.25) is 14.3 Å². The van der Waals surface area contributed by atoms with Gasteiger partial charge in [0.05, 0.1) is 7.11 Å². The van der Waals surface area contributed by atoms with Crippen molar-refractivity contribution in [1.82, 2.24) is 19.6 Å². The highest BCUT2D eigenvalue weighted by Crippen LogP contribution is 2.30. The second-order valence-corrected chi connectivity index (χ2v) is 10.3. The average molecular weight is 481 g/mol. The van der Waals surface area contributed by atoms with E-state index in [9.17, 15) is 9.59 Å². The number of aromatic nitrogens is 2. The molecule has 1 saturated heterocycles. The number of methoxy groups -OCH3 is 1. The number of nitrogens with zero attached hydrogens (tertiary/aromatic N) is 4. The van der Waals surface area contributed by atoms with E-state index in [0.717, 1.165) is 43.7 Å². The largest absolute Gasteiger partial charge is 0.497 e. The Bertz CT molecular complexity index is 990. The van der Waals surface area contributed by atoms with Gasteiger partial charge >= 0.3 is 0 Å². The molecule has 0 N–H and O–H groups in total. The van der Waals surface area contributed by atoms with E-state index in [4.69, 9.17) is 4.74 Å². The summed E-state index contributed by atoms with van der Waals surface area (Å²) in [5.41, 5.74) is 1.61. The van der Waals surface area contributed by atoms with Gasteiger partial charge in [-0.15, -0.1) is 0 Å². The first kappa shape index (κ1) is 25.3. The highest BCUT2D eigenvalue weighted by Gasteiger charge is 2.34. The Kier molecular flexibility index (Phi) is 8.47. The van der Waals surface area contributed by atoms with Crippen LogP contribution in [0.15, 0.2) is 36.5 Å². The third-order valence-corrected chi connectivity index (χ3v) is 7.95. The van der Waals surface area contributed by atoms with Crippen molar-refractivity contribution in [1.29, 1.82) is 0 Å². The van der Waals surface area contributed by atoms with E-state index in [0.29, 0.717) is 29.9 Å². The number of likely N-dealkylation sites (tertiary alicyclic amines) is 1. The van der Waals surface area contributed by atoms with Crippen molar-refractivity contribution >= 4 is 11.8 Å². The van der Waals surface area contributed by atoms with E-state index in [1.165, 1.54) is 32.1 Å². The number of carbonyl (C=O) groups excluding carboxylic acids is 2. The summed E-state index contributed by atoms with van der Waals surface area (Å²) >= 11 is 0. The number of carbonyl (C=O) groups is 2. The summed E-state index contributed by atoms with van der Waals surface area (Å²) in [6.07, 6.45) is 11.3. The van der Waals surface area contributed by atoms with Crippen LogP contribution in [0, 0.1) is 11.8 Å². The van der Waals surface area contributed by atoms with Gasteiger partial charge < -0.3 is 14.5 Å². The minimum Gasteiger partial charge on any atom is -0.497 e. The molecule has 2 amide bonds. The molecule has 2 heterocycles. The molecule has 1 aromatic carbocycles. The summed E-state index contributed by atoms with van der Waals surface area (Å²) in [5.74, 6) is 1.96. The molecule has 1 aliphatic heterocycles. The minimum absolute atomic E-state index is 0.0206. The molecule has 0 radical (unpaired) electrons.